The van der Waals surface area contributed by atoms with Crippen LogP contribution < -0.4 is 5.10 Å². The Balaban J connectivity index is 0.00000469. The largest absolute Gasteiger partial charge is 2.00 e. The fourth-order valence-corrected chi connectivity index (χ4v) is 7.59. The van der Waals surface area contributed by atoms with E-state index in [1.807, 2.05) is 85.1 Å². The number of nitrogens with zero attached hydrogens (tertiary/aromatic N) is 11. The Morgan fingerprint density at radius 3 is 1.84 bits per heavy atom. The summed E-state index contributed by atoms with van der Waals surface area (Å²) in [5, 5.41) is 62.4. The maximum atomic E-state index is 10.1. The molecule has 0 saturated heterocycles. The second kappa shape index (κ2) is 14.0. The van der Waals surface area contributed by atoms with E-state index in [1.54, 1.807) is 12.1 Å². The fraction of sp³-hybridized carbons (Fsp3) is 0.0870. The van der Waals surface area contributed by atoms with Crippen LogP contribution in [-0.4, -0.2) is 24.2 Å². The van der Waals surface area contributed by atoms with Gasteiger partial charge in [-0.05, 0) is 58.8 Å². The molecule has 274 valence electrons. The number of aromatic nitrogens is 6. The van der Waals surface area contributed by atoms with Crippen molar-refractivity contribution < 1.29 is 21.1 Å². The van der Waals surface area contributed by atoms with Crippen molar-refractivity contribution in [2.24, 2.45) is 0 Å². The zero-order valence-corrected chi connectivity index (χ0v) is 33.2. The van der Waals surface area contributed by atoms with Crippen LogP contribution in [0.4, 0.5) is 0 Å². The predicted molar refractivity (Wildman–Crippen MR) is 214 cm³/mol. The van der Waals surface area contributed by atoms with Crippen molar-refractivity contribution in [1.82, 2.24) is 29.3 Å². The zero-order chi connectivity index (χ0) is 39.6. The van der Waals surface area contributed by atoms with Gasteiger partial charge in [0.25, 0.3) is 0 Å². The maximum Gasteiger partial charge on any atom is 2.00 e. The van der Waals surface area contributed by atoms with Crippen LogP contribution in [0, 0.1) is 62.7 Å². The van der Waals surface area contributed by atoms with E-state index in [2.05, 4.69) is 76.5 Å². The molecule has 0 radical (unpaired) electrons. The SMILES string of the molecule is CC(C)(C)c1ccnc(-n2c3[c-]c(-n4c5ccccc5c5ccc(-c6cc(-c7c(C#N)c(C#N)c(C#N)c(C#N)c7C#N)n[n-]6)nc54)ccc3c3ccccc32)c1.[Pt+2]. The molecular weight excluding hydrogens is 902 g/mol. The van der Waals surface area contributed by atoms with Gasteiger partial charge in [0.05, 0.1) is 44.7 Å². The van der Waals surface area contributed by atoms with Crippen LogP contribution in [0.15, 0.2) is 97.2 Å². The first kappa shape index (κ1) is 37.1. The predicted octanol–water partition coefficient (Wildman–Crippen LogP) is 8.81. The molecule has 0 unspecified atom stereocenters. The third-order valence-corrected chi connectivity index (χ3v) is 10.3. The summed E-state index contributed by atoms with van der Waals surface area (Å²) < 4.78 is 4.22. The van der Waals surface area contributed by atoms with Gasteiger partial charge < -0.3 is 19.3 Å². The van der Waals surface area contributed by atoms with Crippen molar-refractivity contribution >= 4 is 43.7 Å². The molecule has 0 N–H and O–H groups in total. The molecule has 9 aromatic rings. The Hall–Kier alpha value is -7.87. The summed E-state index contributed by atoms with van der Waals surface area (Å²) in [5.74, 6) is 0.792. The average Bonchev–Trinajstić information content (AvgIpc) is 3.94. The average molecular weight is 927 g/mol. The molecule has 0 aliphatic carbocycles. The number of rotatable bonds is 4. The normalized spacial score (nSPS) is 11.1. The molecule has 5 heterocycles. The Labute approximate surface area is 346 Å². The van der Waals surface area contributed by atoms with Crippen LogP contribution in [0.1, 0.15) is 54.2 Å². The molecule has 9 rings (SSSR count). The molecule has 0 aliphatic heterocycles. The molecule has 0 bridgehead atoms. The Morgan fingerprint density at radius 2 is 1.21 bits per heavy atom. The Morgan fingerprint density at radius 1 is 0.621 bits per heavy atom. The van der Waals surface area contributed by atoms with Crippen molar-refractivity contribution in [3.8, 4) is 64.5 Å². The van der Waals surface area contributed by atoms with Crippen molar-refractivity contribution in [2.75, 3.05) is 0 Å². The van der Waals surface area contributed by atoms with E-state index in [0.29, 0.717) is 17.0 Å². The molecule has 0 saturated carbocycles. The van der Waals surface area contributed by atoms with E-state index in [1.165, 1.54) is 0 Å². The number of fused-ring (bicyclic) bond motifs is 6. The van der Waals surface area contributed by atoms with Gasteiger partial charge in [0.2, 0.25) is 0 Å². The van der Waals surface area contributed by atoms with Crippen molar-refractivity contribution in [3.05, 3.63) is 137 Å². The first-order valence-corrected chi connectivity index (χ1v) is 17.8. The molecule has 0 amide bonds. The van der Waals surface area contributed by atoms with Gasteiger partial charge in [-0.2, -0.15) is 32.4 Å². The molecular formula is C46H25N11Pt. The van der Waals surface area contributed by atoms with Crippen molar-refractivity contribution in [3.63, 3.8) is 0 Å². The van der Waals surface area contributed by atoms with E-state index in [4.69, 9.17) is 9.97 Å². The quantitative estimate of drug-likeness (QED) is 0.156. The van der Waals surface area contributed by atoms with Gasteiger partial charge in [-0.3, -0.25) is 0 Å². The molecule has 0 atom stereocenters. The molecule has 0 spiro atoms. The summed E-state index contributed by atoms with van der Waals surface area (Å²) in [6.07, 6.45) is 1.85. The van der Waals surface area contributed by atoms with Crippen LogP contribution in [0.25, 0.3) is 77.9 Å². The van der Waals surface area contributed by atoms with E-state index in [-0.39, 0.29) is 65.6 Å². The van der Waals surface area contributed by atoms with Crippen LogP contribution in [0.3, 0.4) is 0 Å². The summed E-state index contributed by atoms with van der Waals surface area (Å²) in [4.78, 5) is 9.97. The Bertz CT molecular complexity index is 3360. The minimum Gasteiger partial charge on any atom is -0.573 e. The second-order valence-electron chi connectivity index (χ2n) is 14.5. The van der Waals surface area contributed by atoms with Crippen LogP contribution in [0.5, 0.6) is 0 Å². The molecule has 0 fully saturated rings. The van der Waals surface area contributed by atoms with Gasteiger partial charge in [0.15, 0.2) is 0 Å². The molecule has 4 aromatic carbocycles. The number of hydrogen-bond acceptors (Lipinski definition) is 8. The molecule has 0 aliphatic rings. The van der Waals surface area contributed by atoms with E-state index in [0.717, 1.165) is 55.2 Å². The smallest absolute Gasteiger partial charge is 0.573 e. The van der Waals surface area contributed by atoms with Gasteiger partial charge in [-0.15, -0.1) is 17.5 Å². The molecule has 5 aromatic heterocycles. The third kappa shape index (κ3) is 5.52. The summed E-state index contributed by atoms with van der Waals surface area (Å²) >= 11 is 0. The fourth-order valence-electron chi connectivity index (χ4n) is 7.59. The number of benzene rings is 4. The monoisotopic (exact) mass is 926 g/mol. The van der Waals surface area contributed by atoms with Gasteiger partial charge in [-0.1, -0.05) is 74.1 Å². The van der Waals surface area contributed by atoms with Gasteiger partial charge >= 0.3 is 21.1 Å². The van der Waals surface area contributed by atoms with E-state index >= 15 is 0 Å². The zero-order valence-electron chi connectivity index (χ0n) is 31.0. The third-order valence-electron chi connectivity index (χ3n) is 10.3. The Kier molecular flexibility index (Phi) is 8.95. The molecule has 58 heavy (non-hydrogen) atoms. The number of pyridine rings is 2. The first-order chi connectivity index (χ1) is 27.7. The summed E-state index contributed by atoms with van der Waals surface area (Å²) in [6.45, 7) is 6.55. The summed E-state index contributed by atoms with van der Waals surface area (Å²) in [5.41, 5.74) is 4.70. The van der Waals surface area contributed by atoms with Crippen LogP contribution in [0.2, 0.25) is 0 Å². The minimum atomic E-state index is -0.332. The standard InChI is InChI=1S/C46H25N11.Pt/c1-46(2,3)26-16-17-52-43(18-26)57-41-11-7-4-8-28(41)30-13-12-27(19-42(30)57)56-40-10-6-5-9-29(40)31-14-15-37(53-45(31)56)38-20-39(55-54-38)44-35(24-50)33(22-48)32(21-47)34(23-49)36(44)25-51;/h4-18,20H,1-3H3;/q-2;+2. The second-order valence-corrected chi connectivity index (χ2v) is 14.5. The summed E-state index contributed by atoms with van der Waals surface area (Å²) in [6, 6.07) is 43.1. The number of para-hydroxylation sites is 2. The van der Waals surface area contributed by atoms with E-state index in [9.17, 15) is 26.3 Å². The van der Waals surface area contributed by atoms with Crippen molar-refractivity contribution in [2.45, 2.75) is 26.2 Å². The van der Waals surface area contributed by atoms with Crippen LogP contribution in [-0.2, 0) is 26.5 Å². The number of nitriles is 5. The molecule has 11 nitrogen and oxygen atoms in total. The molecule has 12 heteroatoms. The van der Waals surface area contributed by atoms with Crippen molar-refractivity contribution in [1.29, 1.82) is 26.3 Å². The van der Waals surface area contributed by atoms with Gasteiger partial charge in [0, 0.05) is 28.0 Å². The minimum absolute atomic E-state index is 0. The maximum absolute atomic E-state index is 10.1. The summed E-state index contributed by atoms with van der Waals surface area (Å²) in [7, 11) is 0. The number of hydrogen-bond donors (Lipinski definition) is 0. The van der Waals surface area contributed by atoms with E-state index < -0.39 is 0 Å². The topological polar surface area (TPSA) is 182 Å². The first-order valence-electron chi connectivity index (χ1n) is 17.8. The van der Waals surface area contributed by atoms with Gasteiger partial charge in [-0.25, -0.2) is 9.97 Å². The van der Waals surface area contributed by atoms with Gasteiger partial charge in [0.1, 0.15) is 41.8 Å². The van der Waals surface area contributed by atoms with Crippen LogP contribution >= 0.6 is 0 Å².